The van der Waals surface area contributed by atoms with Crippen LogP contribution >= 0.6 is 11.3 Å². The van der Waals surface area contributed by atoms with Crippen molar-refractivity contribution >= 4 is 103 Å². The van der Waals surface area contributed by atoms with Crippen molar-refractivity contribution in [2.24, 2.45) is 15.9 Å². The zero-order valence-corrected chi connectivity index (χ0v) is 32.5. The number of aromatic nitrogens is 1. The van der Waals surface area contributed by atoms with Crippen LogP contribution < -0.4 is 0 Å². The van der Waals surface area contributed by atoms with Gasteiger partial charge in [-0.05, 0) is 71.3 Å². The van der Waals surface area contributed by atoms with Gasteiger partial charge in [0.25, 0.3) is 0 Å². The maximum atomic E-state index is 6.60. The fourth-order valence-corrected chi connectivity index (χ4v) is 10.1. The molecule has 274 valence electrons. The second-order valence-electron chi connectivity index (χ2n) is 15.4. The minimum absolute atomic E-state index is 0.119. The summed E-state index contributed by atoms with van der Waals surface area (Å²) in [5, 5.41) is 9.61. The third-order valence-corrected chi connectivity index (χ3v) is 13.0. The van der Waals surface area contributed by atoms with E-state index in [1.54, 1.807) is 0 Å². The van der Waals surface area contributed by atoms with Crippen LogP contribution in [0.4, 0.5) is 0 Å². The van der Waals surface area contributed by atoms with Gasteiger partial charge in [0.15, 0.2) is 5.84 Å². The molecule has 0 N–H and O–H groups in total. The number of furan rings is 1. The fraction of sp³-hybridized carbons (Fsp3) is 0.0566. The van der Waals surface area contributed by atoms with Crippen molar-refractivity contribution in [1.29, 1.82) is 0 Å². The number of para-hydroxylation sites is 2. The van der Waals surface area contributed by atoms with Gasteiger partial charge in [-0.1, -0.05) is 134 Å². The number of allylic oxidation sites excluding steroid dienone is 1. The zero-order valence-electron chi connectivity index (χ0n) is 31.7. The van der Waals surface area contributed by atoms with Crippen LogP contribution in [0, 0.1) is 5.92 Å². The molecule has 3 aromatic heterocycles. The van der Waals surface area contributed by atoms with E-state index >= 15 is 0 Å². The third-order valence-electron chi connectivity index (χ3n) is 11.8. The molecule has 11 aromatic rings. The minimum Gasteiger partial charge on any atom is -0.456 e. The lowest BCUT2D eigenvalue weighted by molar-refractivity contribution is 0.668. The van der Waals surface area contributed by atoms with Gasteiger partial charge in [0.1, 0.15) is 11.2 Å². The van der Waals surface area contributed by atoms with E-state index in [2.05, 4.69) is 175 Å². The van der Waals surface area contributed by atoms with Crippen molar-refractivity contribution in [1.82, 2.24) is 4.57 Å². The van der Waals surface area contributed by atoms with E-state index in [0.717, 1.165) is 73.2 Å². The van der Waals surface area contributed by atoms with E-state index in [1.165, 1.54) is 41.7 Å². The molecule has 58 heavy (non-hydrogen) atoms. The Bertz CT molecular complexity index is 3560. The smallest absolute Gasteiger partial charge is 0.160 e. The number of fused-ring (bicyclic) bond motifs is 10. The Labute approximate surface area is 338 Å². The lowest BCUT2D eigenvalue weighted by Crippen LogP contribution is -2.17. The van der Waals surface area contributed by atoms with Crippen LogP contribution in [0.2, 0.25) is 0 Å². The number of benzene rings is 8. The average molecular weight is 762 g/mol. The Morgan fingerprint density at radius 2 is 1.26 bits per heavy atom. The van der Waals surface area contributed by atoms with E-state index in [0.29, 0.717) is 5.84 Å². The summed E-state index contributed by atoms with van der Waals surface area (Å²) >= 11 is 1.84. The molecule has 1 unspecified atom stereocenters. The van der Waals surface area contributed by atoms with Crippen LogP contribution in [0.15, 0.2) is 190 Å². The largest absolute Gasteiger partial charge is 0.456 e. The highest BCUT2D eigenvalue weighted by Gasteiger charge is 2.24. The van der Waals surface area contributed by atoms with E-state index < -0.39 is 0 Å². The van der Waals surface area contributed by atoms with Crippen molar-refractivity contribution < 1.29 is 4.42 Å². The number of aliphatic imine (C=N–C) groups is 2. The summed E-state index contributed by atoms with van der Waals surface area (Å²) in [5.41, 5.74) is 10.1. The first kappa shape index (κ1) is 33.1. The topological polar surface area (TPSA) is 42.8 Å². The van der Waals surface area contributed by atoms with Crippen molar-refractivity contribution in [3.63, 3.8) is 0 Å². The zero-order chi connectivity index (χ0) is 38.3. The number of nitrogens with zero attached hydrogens (tertiary/aromatic N) is 3. The van der Waals surface area contributed by atoms with E-state index in [-0.39, 0.29) is 5.92 Å². The average Bonchev–Trinajstić information content (AvgIpc) is 3.93. The predicted molar refractivity (Wildman–Crippen MR) is 246 cm³/mol. The maximum absolute atomic E-state index is 6.60. The van der Waals surface area contributed by atoms with Gasteiger partial charge in [0, 0.05) is 58.8 Å². The molecule has 1 aliphatic rings. The van der Waals surface area contributed by atoms with E-state index in [1.807, 2.05) is 23.5 Å². The van der Waals surface area contributed by atoms with Crippen molar-refractivity contribution in [3.8, 4) is 5.69 Å². The summed E-state index contributed by atoms with van der Waals surface area (Å²) in [4.78, 5) is 11.1. The highest BCUT2D eigenvalue weighted by Crippen LogP contribution is 2.42. The number of rotatable bonds is 4. The van der Waals surface area contributed by atoms with E-state index in [9.17, 15) is 0 Å². The summed E-state index contributed by atoms with van der Waals surface area (Å²) in [6.45, 7) is 2.29. The Morgan fingerprint density at radius 3 is 2.14 bits per heavy atom. The molecule has 0 spiro atoms. The molecule has 5 heteroatoms. The second kappa shape index (κ2) is 13.0. The molecule has 4 nitrogen and oxygen atoms in total. The maximum Gasteiger partial charge on any atom is 0.160 e. The molecule has 0 bridgehead atoms. The molecule has 8 aromatic carbocycles. The normalized spacial score (nSPS) is 17.7. The Hall–Kier alpha value is -7.08. The molecule has 0 radical (unpaired) electrons. The summed E-state index contributed by atoms with van der Waals surface area (Å²) in [5.74, 6) is 0.808. The van der Waals surface area contributed by atoms with Gasteiger partial charge in [-0.3, -0.25) is 0 Å². The Morgan fingerprint density at radius 1 is 0.534 bits per heavy atom. The highest BCUT2D eigenvalue weighted by atomic mass is 32.1. The number of hydrogen-bond acceptors (Lipinski definition) is 4. The van der Waals surface area contributed by atoms with Crippen LogP contribution in [0.5, 0.6) is 0 Å². The summed E-state index contributed by atoms with van der Waals surface area (Å²) in [7, 11) is 0. The molecule has 1 atom stereocenters. The Kier molecular flexibility index (Phi) is 7.41. The summed E-state index contributed by atoms with van der Waals surface area (Å²) in [6, 6.07) is 60.8. The standard InChI is InChI=1S/C53H35N3OS/c1-32-23-26-44(54-53(33-13-3-2-4-14-33)55-52(32)36-24-25-40-39-19-9-12-22-50(39)58-51(40)29-36)43-31-49-42(38-18-8-11-21-48(38)57-49)30-47(43)56-45-20-10-7-17-37(45)41-27-34-15-5-6-16-35(34)28-46(41)56/h2-22,24-32H,23H2,1H3/b44-26+,54-53-,55-52+. The Balaban J connectivity index is 1.12. The molecule has 4 heterocycles. The fourth-order valence-electron chi connectivity index (χ4n) is 8.99. The SMILES string of the molecule is CC1C/C=C(c2cc3oc4ccccc4c3cc2-n2c3ccccc3c3cc4ccccc4cc32)/N=C(c2ccccc2)\N=C/1c1ccc2c(c1)sc1ccccc12. The van der Waals surface area contributed by atoms with Gasteiger partial charge >= 0.3 is 0 Å². The molecule has 0 fully saturated rings. The quantitative estimate of drug-likeness (QED) is 0.176. The molecule has 1 aliphatic heterocycles. The van der Waals surface area contributed by atoms with Crippen LogP contribution in [0.25, 0.3) is 86.1 Å². The highest BCUT2D eigenvalue weighted by molar-refractivity contribution is 7.25. The van der Waals surface area contributed by atoms with Crippen LogP contribution in [0.1, 0.15) is 30.0 Å². The number of amidine groups is 1. The molecule has 0 saturated heterocycles. The van der Waals surface area contributed by atoms with Crippen molar-refractivity contribution in [2.45, 2.75) is 13.3 Å². The van der Waals surface area contributed by atoms with Crippen LogP contribution in [0.3, 0.4) is 0 Å². The lowest BCUT2D eigenvalue weighted by atomic mass is 9.92. The molecule has 0 aliphatic carbocycles. The van der Waals surface area contributed by atoms with Gasteiger partial charge in [-0.15, -0.1) is 11.3 Å². The lowest BCUT2D eigenvalue weighted by Gasteiger charge is -2.20. The predicted octanol–water partition coefficient (Wildman–Crippen LogP) is 14.5. The van der Waals surface area contributed by atoms with Crippen molar-refractivity contribution in [2.75, 3.05) is 0 Å². The number of hydrogen-bond donors (Lipinski definition) is 0. The number of thiophene rings is 1. The molecule has 0 amide bonds. The van der Waals surface area contributed by atoms with E-state index in [4.69, 9.17) is 14.4 Å². The van der Waals surface area contributed by atoms with Crippen LogP contribution in [-0.4, -0.2) is 16.1 Å². The molecule has 0 saturated carbocycles. The van der Waals surface area contributed by atoms with Gasteiger partial charge in [0.2, 0.25) is 0 Å². The van der Waals surface area contributed by atoms with Gasteiger partial charge in [0.05, 0.1) is 28.1 Å². The summed E-state index contributed by atoms with van der Waals surface area (Å²) in [6.07, 6.45) is 3.08. The van der Waals surface area contributed by atoms with Gasteiger partial charge in [-0.25, -0.2) is 9.98 Å². The molecule has 12 rings (SSSR count). The monoisotopic (exact) mass is 761 g/mol. The molecular formula is C53H35N3OS. The van der Waals surface area contributed by atoms with Gasteiger partial charge < -0.3 is 8.98 Å². The first-order valence-corrected chi connectivity index (χ1v) is 20.7. The van der Waals surface area contributed by atoms with Gasteiger partial charge in [-0.2, -0.15) is 0 Å². The first-order chi connectivity index (χ1) is 28.6. The van der Waals surface area contributed by atoms with Crippen LogP contribution in [-0.2, 0) is 0 Å². The first-order valence-electron chi connectivity index (χ1n) is 19.9. The minimum atomic E-state index is 0.119. The second-order valence-corrected chi connectivity index (χ2v) is 16.5. The van der Waals surface area contributed by atoms with Crippen molar-refractivity contribution in [3.05, 3.63) is 193 Å². The summed E-state index contributed by atoms with van der Waals surface area (Å²) < 4.78 is 11.6. The third kappa shape index (κ3) is 5.20. The molecular weight excluding hydrogens is 727 g/mol.